The second kappa shape index (κ2) is 5.59. The number of nitrogens with zero attached hydrogens (tertiary/aromatic N) is 2. The van der Waals surface area contributed by atoms with Crippen molar-refractivity contribution in [2.45, 2.75) is 19.9 Å². The van der Waals surface area contributed by atoms with E-state index in [4.69, 9.17) is 5.11 Å². The molecule has 1 aromatic carbocycles. The zero-order valence-corrected chi connectivity index (χ0v) is 12.5. The van der Waals surface area contributed by atoms with E-state index >= 15 is 0 Å². The first kappa shape index (κ1) is 15.7. The first-order valence-electron chi connectivity index (χ1n) is 6.73. The number of hydrogen-bond acceptors (Lipinski definition) is 4. The van der Waals surface area contributed by atoms with Gasteiger partial charge in [-0.15, -0.1) is 0 Å². The summed E-state index contributed by atoms with van der Waals surface area (Å²) in [7, 11) is 1.37. The lowest BCUT2D eigenvalue weighted by Crippen LogP contribution is -2.40. The predicted molar refractivity (Wildman–Crippen MR) is 76.7 cm³/mol. The number of carboxylic acid groups (broad SMARTS) is 1. The molecule has 0 radical (unpaired) electrons. The molecule has 0 saturated carbocycles. The van der Waals surface area contributed by atoms with Crippen LogP contribution in [0, 0.1) is 0 Å². The third-order valence-corrected chi connectivity index (χ3v) is 3.53. The van der Waals surface area contributed by atoms with Crippen molar-refractivity contribution in [2.24, 2.45) is 0 Å². The van der Waals surface area contributed by atoms with Crippen molar-refractivity contribution >= 4 is 23.7 Å². The van der Waals surface area contributed by atoms with Gasteiger partial charge in [0.25, 0.3) is 17.7 Å². The summed E-state index contributed by atoms with van der Waals surface area (Å²) >= 11 is 0. The molecular weight excluding hydrogens is 288 g/mol. The molecule has 0 aromatic heterocycles. The molecule has 1 aromatic rings. The molecular formula is C15H16N2O5. The van der Waals surface area contributed by atoms with Crippen LogP contribution in [0.15, 0.2) is 18.2 Å². The van der Waals surface area contributed by atoms with Crippen LogP contribution in [-0.4, -0.2) is 58.2 Å². The molecule has 1 aliphatic heterocycles. The Morgan fingerprint density at radius 2 is 1.77 bits per heavy atom. The maximum absolute atomic E-state index is 12.4. The number of imide groups is 1. The SMILES string of the molecule is CC(C)N(CC(=O)O)C(=O)c1ccc2c(c1)C(=O)N(C)C2=O. The molecule has 0 aliphatic carbocycles. The number of aliphatic carboxylic acids is 1. The van der Waals surface area contributed by atoms with Crippen molar-refractivity contribution in [3.8, 4) is 0 Å². The molecule has 0 unspecified atom stereocenters. The molecule has 2 rings (SSSR count). The fourth-order valence-corrected chi connectivity index (χ4v) is 2.29. The summed E-state index contributed by atoms with van der Waals surface area (Å²) < 4.78 is 0. The zero-order chi connectivity index (χ0) is 16.6. The largest absolute Gasteiger partial charge is 0.480 e. The molecule has 22 heavy (non-hydrogen) atoms. The summed E-state index contributed by atoms with van der Waals surface area (Å²) in [5, 5.41) is 8.90. The highest BCUT2D eigenvalue weighted by molar-refractivity contribution is 6.21. The summed E-state index contributed by atoms with van der Waals surface area (Å²) in [5.41, 5.74) is 0.598. The maximum Gasteiger partial charge on any atom is 0.323 e. The molecule has 0 saturated heterocycles. The van der Waals surface area contributed by atoms with E-state index in [0.29, 0.717) is 0 Å². The topological polar surface area (TPSA) is 95.0 Å². The Morgan fingerprint density at radius 3 is 2.32 bits per heavy atom. The number of amides is 3. The fraction of sp³-hybridized carbons (Fsp3) is 0.333. The molecule has 7 nitrogen and oxygen atoms in total. The van der Waals surface area contributed by atoms with Gasteiger partial charge in [0, 0.05) is 18.7 Å². The fourth-order valence-electron chi connectivity index (χ4n) is 2.29. The van der Waals surface area contributed by atoms with E-state index in [9.17, 15) is 19.2 Å². The van der Waals surface area contributed by atoms with Gasteiger partial charge in [-0.25, -0.2) is 0 Å². The third kappa shape index (κ3) is 2.57. The van der Waals surface area contributed by atoms with E-state index < -0.39 is 30.2 Å². The minimum absolute atomic E-state index is 0.164. The van der Waals surface area contributed by atoms with Crippen LogP contribution in [0.2, 0.25) is 0 Å². The quantitative estimate of drug-likeness (QED) is 0.832. The van der Waals surface area contributed by atoms with Crippen molar-refractivity contribution in [2.75, 3.05) is 13.6 Å². The van der Waals surface area contributed by atoms with Crippen LogP contribution in [0.1, 0.15) is 44.9 Å². The number of rotatable bonds is 4. The average Bonchev–Trinajstić information content (AvgIpc) is 2.68. The Hall–Kier alpha value is -2.70. The van der Waals surface area contributed by atoms with Crippen LogP contribution in [-0.2, 0) is 4.79 Å². The van der Waals surface area contributed by atoms with Crippen LogP contribution in [0.5, 0.6) is 0 Å². The first-order valence-corrected chi connectivity index (χ1v) is 6.73. The first-order chi connectivity index (χ1) is 10.2. The monoisotopic (exact) mass is 304 g/mol. The summed E-state index contributed by atoms with van der Waals surface area (Å²) in [6, 6.07) is 3.89. The highest BCUT2D eigenvalue weighted by Gasteiger charge is 2.33. The van der Waals surface area contributed by atoms with Crippen LogP contribution < -0.4 is 0 Å². The van der Waals surface area contributed by atoms with Gasteiger partial charge in [-0.2, -0.15) is 0 Å². The standard InChI is InChI=1S/C15H16N2O5/c1-8(2)17(7-12(18)19)13(20)9-4-5-10-11(6-9)15(22)16(3)14(10)21/h4-6,8H,7H2,1-3H3,(H,18,19). The van der Waals surface area contributed by atoms with Gasteiger partial charge in [-0.1, -0.05) is 0 Å². The molecule has 0 bridgehead atoms. The number of benzene rings is 1. The van der Waals surface area contributed by atoms with Gasteiger partial charge in [0.05, 0.1) is 11.1 Å². The average molecular weight is 304 g/mol. The summed E-state index contributed by atoms with van der Waals surface area (Å²) in [5.74, 6) is -2.49. The van der Waals surface area contributed by atoms with Crippen LogP contribution in [0.25, 0.3) is 0 Å². The summed E-state index contributed by atoms with van der Waals surface area (Å²) in [6.07, 6.45) is 0. The van der Waals surface area contributed by atoms with Gasteiger partial charge in [0.15, 0.2) is 0 Å². The molecule has 0 spiro atoms. The molecule has 3 amide bonds. The number of carboxylic acids is 1. The Bertz CT molecular complexity index is 681. The van der Waals surface area contributed by atoms with Crippen molar-refractivity contribution in [1.29, 1.82) is 0 Å². The molecule has 7 heteroatoms. The maximum atomic E-state index is 12.4. The highest BCUT2D eigenvalue weighted by atomic mass is 16.4. The van der Waals surface area contributed by atoms with Crippen molar-refractivity contribution < 1.29 is 24.3 Å². The van der Waals surface area contributed by atoms with Gasteiger partial charge in [0.2, 0.25) is 0 Å². The van der Waals surface area contributed by atoms with Crippen molar-refractivity contribution in [1.82, 2.24) is 9.80 Å². The minimum Gasteiger partial charge on any atom is -0.480 e. The number of carbonyl (C=O) groups excluding carboxylic acids is 3. The lowest BCUT2D eigenvalue weighted by molar-refractivity contribution is -0.138. The molecule has 0 atom stereocenters. The summed E-state index contributed by atoms with van der Waals surface area (Å²) in [6.45, 7) is 2.98. The molecule has 1 heterocycles. The van der Waals surface area contributed by atoms with E-state index in [2.05, 4.69) is 0 Å². The van der Waals surface area contributed by atoms with Gasteiger partial charge in [-0.3, -0.25) is 24.1 Å². The van der Waals surface area contributed by atoms with Crippen LogP contribution >= 0.6 is 0 Å². The van der Waals surface area contributed by atoms with Crippen LogP contribution in [0.3, 0.4) is 0 Å². The second-order valence-corrected chi connectivity index (χ2v) is 5.35. The highest BCUT2D eigenvalue weighted by Crippen LogP contribution is 2.23. The van der Waals surface area contributed by atoms with E-state index in [-0.39, 0.29) is 22.7 Å². The lowest BCUT2D eigenvalue weighted by Gasteiger charge is -2.25. The Labute approximate surface area is 127 Å². The van der Waals surface area contributed by atoms with Gasteiger partial charge >= 0.3 is 5.97 Å². The number of hydrogen-bond donors (Lipinski definition) is 1. The van der Waals surface area contributed by atoms with E-state index in [0.717, 1.165) is 4.90 Å². The summed E-state index contributed by atoms with van der Waals surface area (Å²) in [4.78, 5) is 49.2. The van der Waals surface area contributed by atoms with Gasteiger partial charge < -0.3 is 10.0 Å². The Kier molecular flexibility index (Phi) is 3.99. The van der Waals surface area contributed by atoms with E-state index in [1.807, 2.05) is 0 Å². The lowest BCUT2D eigenvalue weighted by atomic mass is 10.0. The number of carbonyl (C=O) groups is 4. The van der Waals surface area contributed by atoms with Crippen LogP contribution in [0.4, 0.5) is 0 Å². The van der Waals surface area contributed by atoms with E-state index in [1.165, 1.54) is 30.1 Å². The minimum atomic E-state index is -1.12. The molecule has 1 N–H and O–H groups in total. The molecule has 0 fully saturated rings. The molecule has 1 aliphatic rings. The zero-order valence-electron chi connectivity index (χ0n) is 12.5. The third-order valence-electron chi connectivity index (χ3n) is 3.53. The van der Waals surface area contributed by atoms with Gasteiger partial charge in [-0.05, 0) is 32.0 Å². The molecule has 116 valence electrons. The van der Waals surface area contributed by atoms with Crippen molar-refractivity contribution in [3.05, 3.63) is 34.9 Å². The normalized spacial score (nSPS) is 13.5. The van der Waals surface area contributed by atoms with E-state index in [1.54, 1.807) is 13.8 Å². The number of fused-ring (bicyclic) bond motifs is 1. The Morgan fingerprint density at radius 1 is 1.18 bits per heavy atom. The van der Waals surface area contributed by atoms with Gasteiger partial charge in [0.1, 0.15) is 6.54 Å². The Balaban J connectivity index is 2.38. The predicted octanol–water partition coefficient (Wildman–Crippen LogP) is 0.848. The van der Waals surface area contributed by atoms with Crippen molar-refractivity contribution in [3.63, 3.8) is 0 Å². The second-order valence-electron chi connectivity index (χ2n) is 5.35. The smallest absolute Gasteiger partial charge is 0.323 e.